The Labute approximate surface area is 141 Å². The van der Waals surface area contributed by atoms with Crippen LogP contribution in [0.2, 0.25) is 0 Å². The second kappa shape index (κ2) is 8.16. The Morgan fingerprint density at radius 1 is 0.857 bits per heavy atom. The van der Waals surface area contributed by atoms with E-state index in [1.807, 2.05) is 48.5 Å². The van der Waals surface area contributed by atoms with Gasteiger partial charge in [-0.05, 0) is 18.3 Å². The van der Waals surface area contributed by atoms with Gasteiger partial charge in [-0.15, -0.1) is 71.8 Å². The van der Waals surface area contributed by atoms with Gasteiger partial charge < -0.3 is 4.98 Å². The Balaban J connectivity index is 0.000000774. The van der Waals surface area contributed by atoms with Crippen molar-refractivity contribution < 1.29 is 20.0 Å². The van der Waals surface area contributed by atoms with Crippen molar-refractivity contribution in [2.75, 3.05) is 0 Å². The molecule has 0 spiro atoms. The van der Waals surface area contributed by atoms with Crippen LogP contribution in [0, 0.1) is 19.1 Å². The Morgan fingerprint density at radius 2 is 1.33 bits per heavy atom. The first-order chi connectivity index (χ1) is 10.3. The normalized spacial score (nSPS) is 9.71. The zero-order chi connectivity index (χ0) is 15.1. The summed E-state index contributed by atoms with van der Waals surface area (Å²) in [4.78, 5) is 4.71. The first-order valence-electron chi connectivity index (χ1n) is 6.37. The number of halogens is 1. The van der Waals surface area contributed by atoms with E-state index in [1.165, 1.54) is 5.56 Å². The fourth-order valence-electron chi connectivity index (χ4n) is 2.05. The Kier molecular flexibility index (Phi) is 6.22. The molecule has 3 aromatic rings. The molecule has 3 heteroatoms. The molecule has 1 aromatic heterocycles. The van der Waals surface area contributed by atoms with Gasteiger partial charge in [0.05, 0.1) is 0 Å². The maximum atomic E-state index is 4.71. The molecule has 0 radical (unpaired) electrons. The number of pyridine rings is 1. The van der Waals surface area contributed by atoms with Crippen molar-refractivity contribution in [2.24, 2.45) is 0 Å². The molecule has 0 fully saturated rings. The van der Waals surface area contributed by atoms with Crippen LogP contribution in [-0.4, -0.2) is 4.98 Å². The minimum absolute atomic E-state index is 0.952. The number of hydrogen-bond acceptors (Lipinski definition) is 1. The van der Waals surface area contributed by atoms with Gasteiger partial charge in [-0.1, -0.05) is 17.7 Å². The molecule has 2 aromatic carbocycles. The van der Waals surface area contributed by atoms with Crippen molar-refractivity contribution in [3.63, 3.8) is 0 Å². The zero-order valence-corrected chi connectivity index (χ0v) is 14.3. The molecule has 21 heavy (non-hydrogen) atoms. The second-order valence-corrected chi connectivity index (χ2v) is 4.47. The van der Waals surface area contributed by atoms with E-state index in [0.717, 1.165) is 22.5 Å². The van der Waals surface area contributed by atoms with Crippen LogP contribution < -0.4 is 0 Å². The summed E-state index contributed by atoms with van der Waals surface area (Å²) in [5, 5.41) is 0. The summed E-state index contributed by atoms with van der Waals surface area (Å²) in [5.41, 5.74) is 5.13. The van der Waals surface area contributed by atoms with Crippen LogP contribution in [0.5, 0.6) is 0 Å². The molecule has 110 valence electrons. The molecule has 0 aliphatic carbocycles. The van der Waals surface area contributed by atoms with Crippen LogP contribution in [0.15, 0.2) is 60.7 Å². The molecule has 0 saturated heterocycles. The minimum atomic E-state index is 0.952. The topological polar surface area (TPSA) is 12.9 Å². The average Bonchev–Trinajstić information content (AvgIpc) is 2.58. The summed E-state index contributed by atoms with van der Waals surface area (Å²) in [6.45, 7) is 2.08. The number of benzene rings is 2. The third kappa shape index (κ3) is 4.29. The first-order valence-corrected chi connectivity index (χ1v) is 9.06. The summed E-state index contributed by atoms with van der Waals surface area (Å²) in [6.07, 6.45) is 0. The number of aryl methyl sites for hydroxylation is 1. The molecule has 3 rings (SSSR count). The Morgan fingerprint density at radius 3 is 1.71 bits per heavy atom. The summed E-state index contributed by atoms with van der Waals surface area (Å²) in [5.74, 6) is 0. The van der Waals surface area contributed by atoms with Crippen LogP contribution in [0.25, 0.3) is 22.5 Å². The molecule has 0 amide bonds. The number of hydrogen-bond donors (Lipinski definition) is 0. The maximum absolute atomic E-state index is 4.71. The molecule has 0 atom stereocenters. The Bertz CT molecular complexity index is 626. The molecule has 0 saturated carbocycles. The summed E-state index contributed by atoms with van der Waals surface area (Å²) < 4.78 is 0. The SMILES string of the molecule is Cc1cc(-c2[c-]cccc2)nc(-c2[c-]cccc2)c1.[Cl][Au]. The average molecular weight is 476 g/mol. The van der Waals surface area contributed by atoms with Gasteiger partial charge in [0.1, 0.15) is 0 Å². The fraction of sp³-hybridized carbons (Fsp3) is 0.0556. The summed E-state index contributed by atoms with van der Waals surface area (Å²) in [6, 6.07) is 26.4. The molecular formula is C18H13AuClN-2. The van der Waals surface area contributed by atoms with E-state index in [9.17, 15) is 0 Å². The standard InChI is InChI=1S/C18H13N.Au.ClH/c1-14-12-17(15-8-4-2-5-9-15)19-18(13-14)16-10-6-3-7-11-16;;/h2-8,10,12-13H,1H3;;1H/q-2;+1;/p-1. The molecule has 0 aliphatic rings. The van der Waals surface area contributed by atoms with Crippen LogP contribution in [0.4, 0.5) is 0 Å². The summed E-state index contributed by atoms with van der Waals surface area (Å²) in [7, 11) is 4.58. The quantitative estimate of drug-likeness (QED) is 0.375. The summed E-state index contributed by atoms with van der Waals surface area (Å²) >= 11 is 1.75. The van der Waals surface area contributed by atoms with E-state index in [2.05, 4.69) is 40.4 Å². The van der Waals surface area contributed by atoms with E-state index < -0.39 is 0 Å². The van der Waals surface area contributed by atoms with Gasteiger partial charge in [-0.3, -0.25) is 0 Å². The van der Waals surface area contributed by atoms with Crippen molar-refractivity contribution in [1.29, 1.82) is 0 Å². The van der Waals surface area contributed by atoms with Gasteiger partial charge in [0.2, 0.25) is 0 Å². The first kappa shape index (κ1) is 16.0. The molecular weight excluding hydrogens is 463 g/mol. The van der Waals surface area contributed by atoms with Gasteiger partial charge >= 0.3 is 29.2 Å². The van der Waals surface area contributed by atoms with Crippen molar-refractivity contribution in [3.05, 3.63) is 78.4 Å². The van der Waals surface area contributed by atoms with Gasteiger partial charge in [0.15, 0.2) is 0 Å². The number of nitrogens with zero attached hydrogens (tertiary/aromatic N) is 1. The zero-order valence-electron chi connectivity index (χ0n) is 11.4. The van der Waals surface area contributed by atoms with Gasteiger partial charge in [0.25, 0.3) is 0 Å². The van der Waals surface area contributed by atoms with Gasteiger partial charge in [-0.25, -0.2) is 0 Å². The van der Waals surface area contributed by atoms with E-state index >= 15 is 0 Å². The fourth-order valence-corrected chi connectivity index (χ4v) is 2.05. The van der Waals surface area contributed by atoms with Crippen molar-refractivity contribution in [2.45, 2.75) is 6.92 Å². The third-order valence-electron chi connectivity index (χ3n) is 2.94. The molecule has 1 heterocycles. The molecule has 0 bridgehead atoms. The van der Waals surface area contributed by atoms with E-state index in [-0.39, 0.29) is 0 Å². The van der Waals surface area contributed by atoms with Crippen molar-refractivity contribution >= 4 is 9.19 Å². The van der Waals surface area contributed by atoms with Crippen LogP contribution >= 0.6 is 9.19 Å². The van der Waals surface area contributed by atoms with E-state index in [0.29, 0.717) is 0 Å². The number of rotatable bonds is 2. The second-order valence-electron chi connectivity index (χ2n) is 4.47. The number of aromatic nitrogens is 1. The van der Waals surface area contributed by atoms with Crippen molar-refractivity contribution in [1.82, 2.24) is 4.98 Å². The monoisotopic (exact) mass is 475 g/mol. The Hall–Kier alpha value is -1.38. The van der Waals surface area contributed by atoms with Gasteiger partial charge in [-0.2, -0.15) is 0 Å². The molecule has 0 aliphatic heterocycles. The predicted molar refractivity (Wildman–Crippen MR) is 83.4 cm³/mol. The molecule has 0 unspecified atom stereocenters. The predicted octanol–water partition coefficient (Wildman–Crippen LogP) is 5.01. The molecule has 0 N–H and O–H groups in total. The van der Waals surface area contributed by atoms with E-state index in [4.69, 9.17) is 4.98 Å². The van der Waals surface area contributed by atoms with Crippen LogP contribution in [0.1, 0.15) is 5.56 Å². The molecule has 1 nitrogen and oxygen atoms in total. The van der Waals surface area contributed by atoms with Crippen molar-refractivity contribution in [3.8, 4) is 22.5 Å². The third-order valence-corrected chi connectivity index (χ3v) is 2.94. The van der Waals surface area contributed by atoms with E-state index in [1.54, 1.807) is 20.0 Å². The van der Waals surface area contributed by atoms with Gasteiger partial charge in [0, 0.05) is 0 Å². The van der Waals surface area contributed by atoms with Crippen LogP contribution in [-0.2, 0) is 20.0 Å². The van der Waals surface area contributed by atoms with Crippen LogP contribution in [0.3, 0.4) is 0 Å².